The minimum absolute atomic E-state index is 0.0534. The molecule has 2 aromatic carbocycles. The Balaban J connectivity index is 1.67. The van der Waals surface area contributed by atoms with Gasteiger partial charge in [-0.1, -0.05) is 24.3 Å². The molecule has 0 radical (unpaired) electrons. The molecule has 4 rings (SSSR count). The van der Waals surface area contributed by atoms with Crippen LogP contribution in [0.4, 0.5) is 5.69 Å². The zero-order valence-electron chi connectivity index (χ0n) is 12.8. The van der Waals surface area contributed by atoms with Gasteiger partial charge in [0.25, 0.3) is 11.6 Å². The zero-order valence-corrected chi connectivity index (χ0v) is 12.8. The highest BCUT2D eigenvalue weighted by molar-refractivity contribution is 5.97. The first kappa shape index (κ1) is 14.9. The average molecular weight is 336 g/mol. The van der Waals surface area contributed by atoms with E-state index in [4.69, 9.17) is 9.15 Å². The Bertz CT molecular complexity index is 979. The molecule has 1 aliphatic heterocycles. The number of ether oxygens (including phenoxy) is 1. The van der Waals surface area contributed by atoms with Crippen molar-refractivity contribution < 1.29 is 18.9 Å². The molecule has 1 aromatic heterocycles. The first-order valence-electron chi connectivity index (χ1n) is 7.53. The highest BCUT2D eigenvalue weighted by atomic mass is 16.6. The van der Waals surface area contributed by atoms with Crippen LogP contribution in [-0.2, 0) is 0 Å². The summed E-state index contributed by atoms with van der Waals surface area (Å²) in [6, 6.07) is 16.4. The molecule has 25 heavy (non-hydrogen) atoms. The molecule has 124 valence electrons. The topological polar surface area (TPSA) is 94.6 Å². The monoisotopic (exact) mass is 336 g/mol. The van der Waals surface area contributed by atoms with Crippen LogP contribution in [0.15, 0.2) is 65.1 Å². The second-order valence-corrected chi connectivity index (χ2v) is 5.44. The third kappa shape index (κ3) is 2.61. The maximum Gasteiger partial charge on any atom is 0.280 e. The van der Waals surface area contributed by atoms with Gasteiger partial charge in [0.15, 0.2) is 5.76 Å². The largest absolute Gasteiger partial charge is 0.462 e. The molecule has 0 aliphatic carbocycles. The van der Waals surface area contributed by atoms with Gasteiger partial charge in [0.2, 0.25) is 6.23 Å². The lowest BCUT2D eigenvalue weighted by molar-refractivity contribution is -0.384. The number of carbonyl (C=O) groups excluding carboxylic acids is 1. The number of fused-ring (bicyclic) bond motifs is 1. The van der Waals surface area contributed by atoms with Gasteiger partial charge < -0.3 is 14.5 Å². The van der Waals surface area contributed by atoms with Gasteiger partial charge in [-0.15, -0.1) is 0 Å². The van der Waals surface area contributed by atoms with E-state index in [0.29, 0.717) is 28.4 Å². The summed E-state index contributed by atoms with van der Waals surface area (Å²) in [5, 5.41) is 13.9. The number of rotatable bonds is 3. The molecule has 7 heteroatoms. The number of carbonyl (C=O) groups is 1. The molecule has 7 nitrogen and oxygen atoms in total. The molecule has 1 aliphatic rings. The van der Waals surface area contributed by atoms with Gasteiger partial charge >= 0.3 is 0 Å². The standard InChI is InChI=1S/C18H12N2O5/c21-17-12-6-2-4-8-14(12)25-18(19-17)16-10-9-15(24-16)11-5-1-3-7-13(11)20(22)23/h1-10,18H,(H,19,21)/t18-/m0/s1. The maximum absolute atomic E-state index is 12.2. The van der Waals surface area contributed by atoms with Crippen molar-refractivity contribution in [1.29, 1.82) is 0 Å². The number of furan rings is 1. The lowest BCUT2D eigenvalue weighted by Crippen LogP contribution is -2.36. The van der Waals surface area contributed by atoms with Gasteiger partial charge in [-0.05, 0) is 30.3 Å². The maximum atomic E-state index is 12.2. The Morgan fingerprint density at radius 2 is 1.68 bits per heavy atom. The van der Waals surface area contributed by atoms with Gasteiger partial charge in [0.05, 0.1) is 16.1 Å². The van der Waals surface area contributed by atoms with Crippen LogP contribution in [0, 0.1) is 10.1 Å². The van der Waals surface area contributed by atoms with Crippen LogP contribution in [0.5, 0.6) is 5.75 Å². The van der Waals surface area contributed by atoms with Crippen LogP contribution >= 0.6 is 0 Å². The van der Waals surface area contributed by atoms with E-state index in [0.717, 1.165) is 0 Å². The zero-order chi connectivity index (χ0) is 17.4. The second kappa shape index (κ2) is 5.79. The summed E-state index contributed by atoms with van der Waals surface area (Å²) in [5.74, 6) is 0.880. The lowest BCUT2D eigenvalue weighted by Gasteiger charge is -2.25. The average Bonchev–Trinajstić information content (AvgIpc) is 3.12. The van der Waals surface area contributed by atoms with Crippen molar-refractivity contribution in [2.45, 2.75) is 6.23 Å². The molecular weight excluding hydrogens is 324 g/mol. The van der Waals surface area contributed by atoms with E-state index in [-0.39, 0.29) is 11.6 Å². The molecule has 0 bridgehead atoms. The number of hydrogen-bond donors (Lipinski definition) is 1. The SMILES string of the molecule is O=C1N[C@H](c2ccc(-c3ccccc3[N+](=O)[O-])o2)Oc2ccccc21. The van der Waals surface area contributed by atoms with Crippen molar-refractivity contribution in [3.05, 3.63) is 82.1 Å². The fraction of sp³-hybridized carbons (Fsp3) is 0.0556. The number of hydrogen-bond acceptors (Lipinski definition) is 5. The number of para-hydroxylation sites is 2. The van der Waals surface area contributed by atoms with E-state index < -0.39 is 11.2 Å². The molecular formula is C18H12N2O5. The first-order chi connectivity index (χ1) is 12.1. The van der Waals surface area contributed by atoms with E-state index in [1.165, 1.54) is 6.07 Å². The van der Waals surface area contributed by atoms with Crippen molar-refractivity contribution in [2.75, 3.05) is 0 Å². The molecule has 3 aromatic rings. The quantitative estimate of drug-likeness (QED) is 0.581. The molecule has 1 N–H and O–H groups in total. The Morgan fingerprint density at radius 1 is 0.960 bits per heavy atom. The van der Waals surface area contributed by atoms with Gasteiger partial charge in [-0.2, -0.15) is 0 Å². The number of nitro benzene ring substituents is 1. The van der Waals surface area contributed by atoms with Crippen molar-refractivity contribution in [3.63, 3.8) is 0 Å². The number of benzene rings is 2. The Morgan fingerprint density at radius 3 is 2.48 bits per heavy atom. The normalized spacial score (nSPS) is 15.8. The number of nitrogens with zero attached hydrogens (tertiary/aromatic N) is 1. The third-order valence-corrected chi connectivity index (χ3v) is 3.89. The van der Waals surface area contributed by atoms with E-state index in [9.17, 15) is 14.9 Å². The molecule has 2 heterocycles. The number of amides is 1. The molecule has 0 unspecified atom stereocenters. The highest BCUT2D eigenvalue weighted by Gasteiger charge is 2.29. The number of nitro groups is 1. The summed E-state index contributed by atoms with van der Waals surface area (Å²) in [7, 11) is 0. The molecule has 1 atom stereocenters. The summed E-state index contributed by atoms with van der Waals surface area (Å²) >= 11 is 0. The van der Waals surface area contributed by atoms with Crippen molar-refractivity contribution in [3.8, 4) is 17.1 Å². The summed E-state index contributed by atoms with van der Waals surface area (Å²) < 4.78 is 11.5. The summed E-state index contributed by atoms with van der Waals surface area (Å²) in [6.07, 6.45) is -0.793. The third-order valence-electron chi connectivity index (χ3n) is 3.89. The minimum Gasteiger partial charge on any atom is -0.462 e. The van der Waals surface area contributed by atoms with Crippen molar-refractivity contribution in [1.82, 2.24) is 5.32 Å². The minimum atomic E-state index is -0.793. The molecule has 0 spiro atoms. The smallest absolute Gasteiger partial charge is 0.280 e. The molecule has 0 fully saturated rings. The van der Waals surface area contributed by atoms with Crippen molar-refractivity contribution in [2.24, 2.45) is 0 Å². The Hall–Kier alpha value is -3.61. The van der Waals surface area contributed by atoms with Crippen LogP contribution < -0.4 is 10.1 Å². The Labute approximate surface area is 142 Å². The van der Waals surface area contributed by atoms with Crippen LogP contribution in [0.1, 0.15) is 22.3 Å². The summed E-state index contributed by atoms with van der Waals surface area (Å²) in [5.41, 5.74) is 0.757. The van der Waals surface area contributed by atoms with E-state index >= 15 is 0 Å². The molecule has 1 amide bonds. The first-order valence-corrected chi connectivity index (χ1v) is 7.53. The number of nitrogens with one attached hydrogen (secondary N) is 1. The van der Waals surface area contributed by atoms with Crippen LogP contribution in [0.3, 0.4) is 0 Å². The molecule has 0 saturated heterocycles. The van der Waals surface area contributed by atoms with Crippen molar-refractivity contribution >= 4 is 11.6 Å². The second-order valence-electron chi connectivity index (χ2n) is 5.44. The van der Waals surface area contributed by atoms with E-state index in [1.54, 1.807) is 54.6 Å². The fourth-order valence-corrected chi connectivity index (χ4v) is 2.72. The summed E-state index contributed by atoms with van der Waals surface area (Å²) in [6.45, 7) is 0. The van der Waals surface area contributed by atoms with E-state index in [1.807, 2.05) is 0 Å². The fourth-order valence-electron chi connectivity index (χ4n) is 2.72. The van der Waals surface area contributed by atoms with Crippen LogP contribution in [0.2, 0.25) is 0 Å². The van der Waals surface area contributed by atoms with E-state index in [2.05, 4.69) is 5.32 Å². The summed E-state index contributed by atoms with van der Waals surface area (Å²) in [4.78, 5) is 22.9. The lowest BCUT2D eigenvalue weighted by atomic mass is 10.1. The molecule has 0 saturated carbocycles. The predicted molar refractivity (Wildman–Crippen MR) is 88.1 cm³/mol. The van der Waals surface area contributed by atoms with Gasteiger partial charge in [-0.25, -0.2) is 0 Å². The van der Waals surface area contributed by atoms with Crippen LogP contribution in [0.25, 0.3) is 11.3 Å². The predicted octanol–water partition coefficient (Wildman–Crippen LogP) is 3.68. The Kier molecular flexibility index (Phi) is 3.46. The van der Waals surface area contributed by atoms with Crippen LogP contribution in [-0.4, -0.2) is 10.8 Å². The van der Waals surface area contributed by atoms with Gasteiger partial charge in [0.1, 0.15) is 11.5 Å². The van der Waals surface area contributed by atoms with Gasteiger partial charge in [0, 0.05) is 6.07 Å². The highest BCUT2D eigenvalue weighted by Crippen LogP contribution is 2.34. The van der Waals surface area contributed by atoms with Gasteiger partial charge in [-0.3, -0.25) is 14.9 Å².